The fourth-order valence-electron chi connectivity index (χ4n) is 3.12. The number of ether oxygens (including phenoxy) is 1. The van der Waals surface area contributed by atoms with Gasteiger partial charge in [0.05, 0.1) is 24.5 Å². The van der Waals surface area contributed by atoms with Crippen molar-refractivity contribution in [3.05, 3.63) is 29.8 Å². The summed E-state index contributed by atoms with van der Waals surface area (Å²) in [6.45, 7) is 2.32. The molecule has 0 radical (unpaired) electrons. The van der Waals surface area contributed by atoms with Gasteiger partial charge in [-0.2, -0.15) is 0 Å². The highest BCUT2D eigenvalue weighted by atomic mass is 16.5. The number of hydrogen-bond donors (Lipinski definition) is 0. The van der Waals surface area contributed by atoms with Gasteiger partial charge in [0.25, 0.3) is 0 Å². The summed E-state index contributed by atoms with van der Waals surface area (Å²) in [5, 5.41) is 0. The third-order valence-corrected chi connectivity index (χ3v) is 4.08. The number of anilines is 1. The second kappa shape index (κ2) is 4.38. The Kier molecular flexibility index (Phi) is 2.79. The van der Waals surface area contributed by atoms with Crippen LogP contribution in [-0.4, -0.2) is 25.0 Å². The van der Waals surface area contributed by atoms with E-state index in [4.69, 9.17) is 11.2 Å². The minimum atomic E-state index is -0.736. The van der Waals surface area contributed by atoms with Gasteiger partial charge in [0.1, 0.15) is 0 Å². The number of hydrogen-bond acceptors (Lipinski definition) is 3. The van der Waals surface area contributed by atoms with Crippen molar-refractivity contribution >= 4 is 17.6 Å². The van der Waals surface area contributed by atoms with E-state index < -0.39 is 5.41 Å². The van der Waals surface area contributed by atoms with Crippen LogP contribution in [0.1, 0.15) is 18.9 Å². The average Bonchev–Trinajstić information content (AvgIpc) is 3.16. The fraction of sp³-hybridized carbons (Fsp3) is 0.375. The van der Waals surface area contributed by atoms with Crippen LogP contribution in [0.5, 0.6) is 0 Å². The van der Waals surface area contributed by atoms with Crippen LogP contribution in [0.25, 0.3) is 0 Å². The van der Waals surface area contributed by atoms with Crippen molar-refractivity contribution in [1.82, 2.24) is 0 Å². The molecule has 1 aliphatic carbocycles. The van der Waals surface area contributed by atoms with E-state index in [1.165, 1.54) is 0 Å². The molecule has 1 aliphatic heterocycles. The standard InChI is InChI=1S/C16H15NO3/c1-3-9-17-13-8-6-5-7-11(13)16(15(17)19)10-12(16)14(18)20-4-2/h1,5-8,12H,4,9-10H2,2H3/t12-,16-/m1/s1. The molecule has 0 unspecified atom stereocenters. The lowest BCUT2D eigenvalue weighted by atomic mass is 9.95. The van der Waals surface area contributed by atoms with Crippen molar-refractivity contribution in [2.24, 2.45) is 5.92 Å². The van der Waals surface area contributed by atoms with Gasteiger partial charge in [-0.05, 0) is 25.0 Å². The molecule has 1 saturated carbocycles. The summed E-state index contributed by atoms with van der Waals surface area (Å²) >= 11 is 0. The van der Waals surface area contributed by atoms with Crippen molar-refractivity contribution < 1.29 is 14.3 Å². The maximum atomic E-state index is 12.7. The minimum absolute atomic E-state index is 0.0743. The zero-order valence-electron chi connectivity index (χ0n) is 11.3. The van der Waals surface area contributed by atoms with Crippen LogP contribution < -0.4 is 4.90 Å². The van der Waals surface area contributed by atoms with Gasteiger partial charge in [-0.3, -0.25) is 14.5 Å². The lowest BCUT2D eigenvalue weighted by Crippen LogP contribution is -2.34. The zero-order valence-corrected chi connectivity index (χ0v) is 11.3. The first kappa shape index (κ1) is 12.7. The Morgan fingerprint density at radius 1 is 1.55 bits per heavy atom. The number of esters is 1. The number of benzene rings is 1. The molecule has 102 valence electrons. The van der Waals surface area contributed by atoms with Gasteiger partial charge >= 0.3 is 5.97 Å². The van der Waals surface area contributed by atoms with Gasteiger partial charge in [-0.1, -0.05) is 24.1 Å². The summed E-state index contributed by atoms with van der Waals surface area (Å²) in [6.07, 6.45) is 5.86. The van der Waals surface area contributed by atoms with Gasteiger partial charge in [0.15, 0.2) is 0 Å². The maximum absolute atomic E-state index is 12.7. The van der Waals surface area contributed by atoms with Crippen molar-refractivity contribution in [1.29, 1.82) is 0 Å². The molecule has 4 nitrogen and oxygen atoms in total. The highest BCUT2D eigenvalue weighted by Gasteiger charge is 2.70. The maximum Gasteiger partial charge on any atom is 0.310 e. The Bertz CT molecular complexity index is 631. The first-order valence-corrected chi connectivity index (χ1v) is 6.68. The third-order valence-electron chi connectivity index (χ3n) is 4.08. The van der Waals surface area contributed by atoms with E-state index >= 15 is 0 Å². The molecular weight excluding hydrogens is 254 g/mol. The molecule has 1 aromatic carbocycles. The normalized spacial score (nSPS) is 26.3. The van der Waals surface area contributed by atoms with Crippen LogP contribution in [0.15, 0.2) is 24.3 Å². The van der Waals surface area contributed by atoms with Gasteiger partial charge in [0.2, 0.25) is 5.91 Å². The second-order valence-corrected chi connectivity index (χ2v) is 5.09. The molecule has 1 fully saturated rings. The predicted molar refractivity (Wildman–Crippen MR) is 74.0 cm³/mol. The molecule has 3 rings (SSSR count). The van der Waals surface area contributed by atoms with E-state index in [0.717, 1.165) is 11.3 Å². The lowest BCUT2D eigenvalue weighted by Gasteiger charge is -2.14. The summed E-state index contributed by atoms with van der Waals surface area (Å²) < 4.78 is 5.06. The summed E-state index contributed by atoms with van der Waals surface area (Å²) in [5.41, 5.74) is 0.986. The number of rotatable bonds is 3. The quantitative estimate of drug-likeness (QED) is 0.617. The molecule has 0 bridgehead atoms. The minimum Gasteiger partial charge on any atom is -0.466 e. The molecule has 2 aliphatic rings. The zero-order chi connectivity index (χ0) is 14.3. The van der Waals surface area contributed by atoms with Crippen molar-refractivity contribution in [2.75, 3.05) is 18.1 Å². The smallest absolute Gasteiger partial charge is 0.310 e. The van der Waals surface area contributed by atoms with Crippen molar-refractivity contribution in [3.8, 4) is 12.3 Å². The van der Waals surface area contributed by atoms with Crippen molar-refractivity contribution in [3.63, 3.8) is 0 Å². The van der Waals surface area contributed by atoms with Gasteiger partial charge in [-0.25, -0.2) is 0 Å². The van der Waals surface area contributed by atoms with Crippen LogP contribution in [-0.2, 0) is 19.7 Å². The molecule has 2 atom stereocenters. The van der Waals surface area contributed by atoms with Gasteiger partial charge in [0, 0.05) is 5.69 Å². The summed E-state index contributed by atoms with van der Waals surface area (Å²) in [4.78, 5) is 26.2. The van der Waals surface area contributed by atoms with Gasteiger partial charge in [-0.15, -0.1) is 6.42 Å². The van der Waals surface area contributed by atoms with Crippen LogP contribution in [0, 0.1) is 18.3 Å². The number of amides is 1. The SMILES string of the molecule is C#CCN1C(=O)[C@]2(C[C@@H]2C(=O)OCC)c2ccccc21. The van der Waals surface area contributed by atoms with Gasteiger partial charge < -0.3 is 4.74 Å². The van der Waals surface area contributed by atoms with E-state index in [2.05, 4.69) is 5.92 Å². The number of nitrogens with zero attached hydrogens (tertiary/aromatic N) is 1. The van der Waals surface area contributed by atoms with E-state index in [1.54, 1.807) is 11.8 Å². The predicted octanol–water partition coefficient (Wildman–Crippen LogP) is 1.49. The molecule has 1 heterocycles. The number of fused-ring (bicyclic) bond motifs is 2. The average molecular weight is 269 g/mol. The lowest BCUT2D eigenvalue weighted by molar-refractivity contribution is -0.146. The molecule has 1 amide bonds. The molecule has 0 saturated heterocycles. The van der Waals surface area contributed by atoms with Crippen LogP contribution in [0.3, 0.4) is 0 Å². The Morgan fingerprint density at radius 2 is 2.30 bits per heavy atom. The second-order valence-electron chi connectivity index (χ2n) is 5.09. The van der Waals surface area contributed by atoms with Crippen molar-refractivity contribution in [2.45, 2.75) is 18.8 Å². The topological polar surface area (TPSA) is 46.6 Å². The highest BCUT2D eigenvalue weighted by Crippen LogP contribution is 2.61. The van der Waals surface area contributed by atoms with Crippen LogP contribution in [0.4, 0.5) is 5.69 Å². The molecule has 0 aromatic heterocycles. The molecule has 0 N–H and O–H groups in total. The molecule has 4 heteroatoms. The van der Waals surface area contributed by atoms with E-state index in [1.807, 2.05) is 24.3 Å². The van der Waals surface area contributed by atoms with Crippen LogP contribution >= 0.6 is 0 Å². The molecule has 20 heavy (non-hydrogen) atoms. The fourth-order valence-corrected chi connectivity index (χ4v) is 3.12. The first-order chi connectivity index (χ1) is 9.66. The Labute approximate surface area is 117 Å². The number of para-hydroxylation sites is 1. The number of carbonyl (C=O) groups is 2. The highest BCUT2D eigenvalue weighted by molar-refractivity contribution is 6.13. The summed E-state index contributed by atoms with van der Waals surface area (Å²) in [7, 11) is 0. The van der Waals surface area contributed by atoms with E-state index in [9.17, 15) is 9.59 Å². The Morgan fingerprint density at radius 3 is 3.00 bits per heavy atom. The number of terminal acetylenes is 1. The molecule has 1 spiro atoms. The third kappa shape index (κ3) is 1.50. The van der Waals surface area contributed by atoms with E-state index in [-0.39, 0.29) is 24.3 Å². The largest absolute Gasteiger partial charge is 0.466 e. The molecule has 1 aromatic rings. The Hall–Kier alpha value is -2.28. The monoisotopic (exact) mass is 269 g/mol. The van der Waals surface area contributed by atoms with E-state index in [0.29, 0.717) is 13.0 Å². The summed E-state index contributed by atoms with van der Waals surface area (Å²) in [5.74, 6) is 1.76. The Balaban J connectivity index is 2.01. The summed E-state index contributed by atoms with van der Waals surface area (Å²) in [6, 6.07) is 7.53. The first-order valence-electron chi connectivity index (χ1n) is 6.68. The number of carbonyl (C=O) groups excluding carboxylic acids is 2. The molecular formula is C16H15NO3. The van der Waals surface area contributed by atoms with Crippen LogP contribution in [0.2, 0.25) is 0 Å².